The second-order valence-electron chi connectivity index (χ2n) is 2.65. The van der Waals surface area contributed by atoms with Gasteiger partial charge in [0.1, 0.15) is 0 Å². The molecule has 0 amide bonds. The van der Waals surface area contributed by atoms with Crippen LogP contribution in [-0.4, -0.2) is 20.0 Å². The van der Waals surface area contributed by atoms with Crippen LogP contribution in [0.1, 0.15) is 5.56 Å². The van der Waals surface area contributed by atoms with Crippen LogP contribution in [0.2, 0.25) is 0 Å². The molecule has 1 N–H and O–H groups in total. The number of nitrogens with zero attached hydrogens (tertiary/aromatic N) is 1. The monoisotopic (exact) mass is 200 g/mol. The molecule has 0 aliphatic heterocycles. The normalized spacial score (nSPS) is 11.3. The number of hydrogen-bond acceptors (Lipinski definition) is 2. The van der Waals surface area contributed by atoms with Crippen molar-refractivity contribution in [2.75, 3.05) is 7.05 Å². The second kappa shape index (κ2) is 3.35. The van der Waals surface area contributed by atoms with Crippen molar-refractivity contribution in [1.82, 2.24) is 5.32 Å². The fraction of sp³-hybridized carbons (Fsp3) is 0.250. The van der Waals surface area contributed by atoms with Gasteiger partial charge in [-0.05, 0) is 30.7 Å². The molecule has 71 valence electrons. The lowest BCUT2D eigenvalue weighted by atomic mass is 10.2. The van der Waals surface area contributed by atoms with Gasteiger partial charge in [0.2, 0.25) is 0 Å². The van der Waals surface area contributed by atoms with Crippen molar-refractivity contribution in [1.29, 1.82) is 0 Å². The minimum atomic E-state index is -4.09. The van der Waals surface area contributed by atoms with Gasteiger partial charge in [0.05, 0.1) is 10.6 Å². The molecule has 1 aromatic rings. The molecular weight excluding hydrogens is 190 g/mol. The van der Waals surface area contributed by atoms with E-state index in [4.69, 9.17) is 4.55 Å². The Bertz CT molecular complexity index is 411. The molecule has 13 heavy (non-hydrogen) atoms. The molecule has 1 aromatic carbocycles. The Balaban J connectivity index is 3.26. The number of benzene rings is 1. The predicted molar refractivity (Wildman–Crippen MR) is 48.7 cm³/mol. The van der Waals surface area contributed by atoms with Crippen LogP contribution in [0.4, 0.5) is 5.69 Å². The zero-order valence-corrected chi connectivity index (χ0v) is 8.17. The zero-order valence-electron chi connectivity index (χ0n) is 7.35. The van der Waals surface area contributed by atoms with E-state index in [1.54, 1.807) is 20.0 Å². The van der Waals surface area contributed by atoms with Crippen molar-refractivity contribution in [3.05, 3.63) is 23.8 Å². The molecule has 0 heterocycles. The largest absolute Gasteiger partial charge is 0.294 e. The molecule has 4 nitrogen and oxygen atoms in total. The summed E-state index contributed by atoms with van der Waals surface area (Å²) in [5, 5.41) is 3.92. The quantitative estimate of drug-likeness (QED) is 0.727. The number of aryl methyl sites for hydroxylation is 1. The molecule has 0 atom stereocenters. The van der Waals surface area contributed by atoms with Crippen LogP contribution < -0.4 is 5.32 Å². The maximum atomic E-state index is 10.7. The van der Waals surface area contributed by atoms with Gasteiger partial charge in [-0.2, -0.15) is 8.42 Å². The Labute approximate surface area is 77.3 Å². The van der Waals surface area contributed by atoms with Crippen LogP contribution >= 0.6 is 0 Å². The summed E-state index contributed by atoms with van der Waals surface area (Å²) in [5.74, 6) is 0. The summed E-state index contributed by atoms with van der Waals surface area (Å²) in [7, 11) is -2.47. The molecule has 1 rings (SSSR count). The smallest absolute Gasteiger partial charge is 0.288 e. The van der Waals surface area contributed by atoms with Crippen molar-refractivity contribution >= 4 is 15.8 Å². The third kappa shape index (κ3) is 2.19. The van der Waals surface area contributed by atoms with E-state index in [0.29, 0.717) is 5.69 Å². The maximum Gasteiger partial charge on any atom is 0.294 e. The first kappa shape index (κ1) is 10.0. The Morgan fingerprint density at radius 3 is 2.38 bits per heavy atom. The standard InChI is InChI=1S/C8H10NO3S/c1-6-5-7(13(10,11)12)3-4-8(6)9-2/h3-5H,1-2H3,(H,10,11,12). The molecule has 0 fully saturated rings. The van der Waals surface area contributed by atoms with Crippen molar-refractivity contribution in [3.63, 3.8) is 0 Å². The van der Waals surface area contributed by atoms with E-state index < -0.39 is 10.1 Å². The molecule has 1 radical (unpaired) electrons. The molecule has 0 aliphatic carbocycles. The minimum Gasteiger partial charge on any atom is -0.288 e. The Hall–Kier alpha value is -1.07. The van der Waals surface area contributed by atoms with E-state index in [1.165, 1.54) is 12.1 Å². The summed E-state index contributed by atoms with van der Waals surface area (Å²) in [6, 6.07) is 4.26. The Kier molecular flexibility index (Phi) is 2.58. The molecule has 0 bridgehead atoms. The van der Waals surface area contributed by atoms with Gasteiger partial charge in [0, 0.05) is 7.05 Å². The lowest BCUT2D eigenvalue weighted by Crippen LogP contribution is -1.99. The van der Waals surface area contributed by atoms with Crippen molar-refractivity contribution in [2.45, 2.75) is 11.8 Å². The summed E-state index contributed by atoms with van der Waals surface area (Å²) in [4.78, 5) is -0.0996. The predicted octanol–water partition coefficient (Wildman–Crippen LogP) is 1.11. The molecule has 5 heteroatoms. The van der Waals surface area contributed by atoms with Crippen LogP contribution in [0.15, 0.2) is 23.1 Å². The van der Waals surface area contributed by atoms with E-state index in [-0.39, 0.29) is 4.90 Å². The highest BCUT2D eigenvalue weighted by molar-refractivity contribution is 7.85. The first-order valence-electron chi connectivity index (χ1n) is 3.63. The molecule has 0 unspecified atom stereocenters. The van der Waals surface area contributed by atoms with Gasteiger partial charge >= 0.3 is 0 Å². The van der Waals surface area contributed by atoms with Crippen LogP contribution in [0, 0.1) is 6.92 Å². The third-order valence-corrected chi connectivity index (χ3v) is 2.56. The van der Waals surface area contributed by atoms with E-state index in [2.05, 4.69) is 5.32 Å². The SMILES string of the molecule is C[N]c1ccc(S(=O)(=O)O)cc1C. The van der Waals surface area contributed by atoms with E-state index in [9.17, 15) is 8.42 Å². The molecular formula is C8H10NO3S. The highest BCUT2D eigenvalue weighted by Gasteiger charge is 2.10. The van der Waals surface area contributed by atoms with E-state index in [1.807, 2.05) is 0 Å². The maximum absolute atomic E-state index is 10.7. The highest BCUT2D eigenvalue weighted by Crippen LogP contribution is 2.18. The average Bonchev–Trinajstić information content (AvgIpc) is 2.02. The topological polar surface area (TPSA) is 68.5 Å². The van der Waals surface area contributed by atoms with Gasteiger partial charge in [0.15, 0.2) is 0 Å². The third-order valence-electron chi connectivity index (χ3n) is 1.71. The zero-order chi connectivity index (χ0) is 10.1. The molecule has 0 saturated heterocycles. The van der Waals surface area contributed by atoms with E-state index in [0.717, 1.165) is 5.56 Å². The van der Waals surface area contributed by atoms with E-state index >= 15 is 0 Å². The van der Waals surface area contributed by atoms with Crippen molar-refractivity contribution < 1.29 is 13.0 Å². The summed E-state index contributed by atoms with van der Waals surface area (Å²) in [6.45, 7) is 1.73. The van der Waals surface area contributed by atoms with Crippen molar-refractivity contribution in [2.24, 2.45) is 0 Å². The summed E-state index contributed by atoms with van der Waals surface area (Å²) in [6.07, 6.45) is 0. The Morgan fingerprint density at radius 1 is 1.38 bits per heavy atom. The summed E-state index contributed by atoms with van der Waals surface area (Å²) in [5.41, 5.74) is 1.44. The van der Waals surface area contributed by atoms with Gasteiger partial charge < -0.3 is 0 Å². The van der Waals surface area contributed by atoms with Gasteiger partial charge in [0.25, 0.3) is 10.1 Å². The summed E-state index contributed by atoms with van der Waals surface area (Å²) < 4.78 is 30.1. The lowest BCUT2D eigenvalue weighted by Gasteiger charge is -2.03. The molecule has 0 spiro atoms. The number of hydrogen-bond donors (Lipinski definition) is 1. The van der Waals surface area contributed by atoms with Crippen LogP contribution in [-0.2, 0) is 10.1 Å². The van der Waals surface area contributed by atoms with Gasteiger partial charge in [-0.15, -0.1) is 0 Å². The fourth-order valence-corrected chi connectivity index (χ4v) is 1.61. The average molecular weight is 200 g/mol. The summed E-state index contributed by atoms with van der Waals surface area (Å²) >= 11 is 0. The first-order chi connectivity index (χ1) is 5.95. The number of rotatable bonds is 2. The first-order valence-corrected chi connectivity index (χ1v) is 5.07. The highest BCUT2D eigenvalue weighted by atomic mass is 32.2. The van der Waals surface area contributed by atoms with Gasteiger partial charge in [-0.25, -0.2) is 0 Å². The van der Waals surface area contributed by atoms with Crippen LogP contribution in [0.3, 0.4) is 0 Å². The molecule has 0 saturated carbocycles. The van der Waals surface area contributed by atoms with Crippen LogP contribution in [0.25, 0.3) is 0 Å². The second-order valence-corrected chi connectivity index (χ2v) is 4.07. The minimum absolute atomic E-state index is 0.0996. The van der Waals surface area contributed by atoms with Crippen LogP contribution in [0.5, 0.6) is 0 Å². The molecule has 0 aliphatic rings. The van der Waals surface area contributed by atoms with Gasteiger partial charge in [-0.1, -0.05) is 0 Å². The Morgan fingerprint density at radius 2 is 2.00 bits per heavy atom. The van der Waals surface area contributed by atoms with Gasteiger partial charge in [-0.3, -0.25) is 9.87 Å². The lowest BCUT2D eigenvalue weighted by molar-refractivity contribution is 0.483. The fourth-order valence-electron chi connectivity index (χ4n) is 1.04. The van der Waals surface area contributed by atoms with Crippen molar-refractivity contribution in [3.8, 4) is 0 Å². The molecule has 0 aromatic heterocycles.